The molecule has 0 saturated heterocycles. The summed E-state index contributed by atoms with van der Waals surface area (Å²) < 4.78 is 16.0. The summed E-state index contributed by atoms with van der Waals surface area (Å²) in [7, 11) is 0. The van der Waals surface area contributed by atoms with Gasteiger partial charge in [-0.2, -0.15) is 0 Å². The molecule has 19 heavy (non-hydrogen) atoms. The zero-order valence-corrected chi connectivity index (χ0v) is 12.9. The quantitative estimate of drug-likeness (QED) is 0.309. The average Bonchev–Trinajstić information content (AvgIpc) is 2.36. The van der Waals surface area contributed by atoms with Gasteiger partial charge in [-0.05, 0) is 39.5 Å². The second-order valence-corrected chi connectivity index (χ2v) is 4.74. The molecule has 1 unspecified atom stereocenters. The molecule has 0 aromatic rings. The Morgan fingerprint density at radius 3 is 2.32 bits per heavy atom. The van der Waals surface area contributed by atoms with Crippen molar-refractivity contribution in [3.8, 4) is 0 Å². The smallest absolute Gasteiger partial charge is 0.302 e. The van der Waals surface area contributed by atoms with Crippen LogP contribution < -0.4 is 0 Å². The topological polar surface area (TPSA) is 44.8 Å². The van der Waals surface area contributed by atoms with E-state index >= 15 is 0 Å². The normalized spacial score (nSPS) is 14.1. The van der Waals surface area contributed by atoms with Crippen LogP contribution in [0.3, 0.4) is 0 Å². The summed E-state index contributed by atoms with van der Waals surface area (Å²) in [6.45, 7) is 8.86. The predicted molar refractivity (Wildman–Crippen MR) is 76.0 cm³/mol. The van der Waals surface area contributed by atoms with E-state index in [4.69, 9.17) is 14.2 Å². The molecule has 0 spiro atoms. The Bertz CT molecular complexity index is 218. The van der Waals surface area contributed by atoms with Crippen molar-refractivity contribution in [1.82, 2.24) is 0 Å². The minimum atomic E-state index is -0.176. The van der Waals surface area contributed by atoms with Crippen LogP contribution in [-0.2, 0) is 19.0 Å². The van der Waals surface area contributed by atoms with E-state index in [-0.39, 0.29) is 18.4 Å². The van der Waals surface area contributed by atoms with Crippen molar-refractivity contribution in [2.45, 2.75) is 78.6 Å². The highest BCUT2D eigenvalue weighted by Crippen LogP contribution is 2.11. The summed E-state index contributed by atoms with van der Waals surface area (Å²) in [6.07, 6.45) is 6.32. The first-order valence-electron chi connectivity index (χ1n) is 7.50. The zero-order chi connectivity index (χ0) is 14.5. The van der Waals surface area contributed by atoms with E-state index in [1.54, 1.807) is 0 Å². The van der Waals surface area contributed by atoms with E-state index in [1.165, 1.54) is 6.92 Å². The van der Waals surface area contributed by atoms with Gasteiger partial charge in [0.1, 0.15) is 6.10 Å². The molecule has 0 heterocycles. The van der Waals surface area contributed by atoms with E-state index < -0.39 is 0 Å². The van der Waals surface area contributed by atoms with Gasteiger partial charge in [0.05, 0.1) is 0 Å². The van der Waals surface area contributed by atoms with Crippen molar-refractivity contribution in [2.24, 2.45) is 0 Å². The van der Waals surface area contributed by atoms with Crippen LogP contribution in [0.4, 0.5) is 0 Å². The Labute approximate surface area is 117 Å². The average molecular weight is 274 g/mol. The fourth-order valence-corrected chi connectivity index (χ4v) is 1.94. The Kier molecular flexibility index (Phi) is 12.0. The number of carbonyl (C=O) groups excluding carboxylic acids is 1. The lowest BCUT2D eigenvalue weighted by Gasteiger charge is -2.15. The third-order valence-corrected chi connectivity index (χ3v) is 2.96. The molecular weight excluding hydrogens is 244 g/mol. The highest BCUT2D eigenvalue weighted by molar-refractivity contribution is 5.66. The van der Waals surface area contributed by atoms with Gasteiger partial charge in [0.25, 0.3) is 0 Å². The third kappa shape index (κ3) is 12.2. The first-order chi connectivity index (χ1) is 9.10. The first kappa shape index (κ1) is 18.4. The van der Waals surface area contributed by atoms with Crippen molar-refractivity contribution in [1.29, 1.82) is 0 Å². The largest absolute Gasteiger partial charge is 0.463 e. The Hall–Kier alpha value is -0.610. The highest BCUT2D eigenvalue weighted by Gasteiger charge is 2.08. The number of carbonyl (C=O) groups is 1. The lowest BCUT2D eigenvalue weighted by Crippen LogP contribution is -2.15. The van der Waals surface area contributed by atoms with Crippen molar-refractivity contribution < 1.29 is 19.0 Å². The summed E-state index contributed by atoms with van der Waals surface area (Å²) in [6, 6.07) is 0. The van der Waals surface area contributed by atoms with Crippen LogP contribution in [0.5, 0.6) is 0 Å². The molecule has 0 aliphatic rings. The Balaban J connectivity index is 3.36. The van der Waals surface area contributed by atoms with E-state index in [0.717, 1.165) is 45.1 Å². The molecule has 0 aliphatic heterocycles. The number of unbranched alkanes of at least 4 members (excludes halogenated alkanes) is 3. The maximum Gasteiger partial charge on any atom is 0.302 e. The molecule has 4 nitrogen and oxygen atoms in total. The van der Waals surface area contributed by atoms with Crippen LogP contribution in [0.15, 0.2) is 0 Å². The van der Waals surface area contributed by atoms with Gasteiger partial charge >= 0.3 is 5.97 Å². The molecule has 0 fully saturated rings. The van der Waals surface area contributed by atoms with Gasteiger partial charge in [0, 0.05) is 20.1 Å². The predicted octanol–water partition coefficient (Wildman–Crippen LogP) is 3.68. The molecule has 0 rings (SSSR count). The summed E-state index contributed by atoms with van der Waals surface area (Å²) in [5.74, 6) is -0.176. The molecule has 0 aromatic carbocycles. The molecule has 4 heteroatoms. The highest BCUT2D eigenvalue weighted by atomic mass is 16.7. The Morgan fingerprint density at radius 2 is 1.74 bits per heavy atom. The van der Waals surface area contributed by atoms with Crippen LogP contribution in [0.25, 0.3) is 0 Å². The number of hydrogen-bond donors (Lipinski definition) is 0. The van der Waals surface area contributed by atoms with Gasteiger partial charge in [0.15, 0.2) is 6.29 Å². The van der Waals surface area contributed by atoms with E-state index in [1.807, 2.05) is 13.8 Å². The lowest BCUT2D eigenvalue weighted by atomic mass is 10.1. The van der Waals surface area contributed by atoms with Crippen molar-refractivity contribution in [2.75, 3.05) is 13.2 Å². The van der Waals surface area contributed by atoms with Gasteiger partial charge in [-0.1, -0.05) is 19.8 Å². The first-order valence-corrected chi connectivity index (χ1v) is 7.50. The van der Waals surface area contributed by atoms with Gasteiger partial charge in [-0.25, -0.2) is 0 Å². The molecule has 0 amide bonds. The summed E-state index contributed by atoms with van der Waals surface area (Å²) in [5, 5.41) is 0. The number of ether oxygens (including phenoxy) is 3. The number of rotatable bonds is 12. The lowest BCUT2D eigenvalue weighted by molar-refractivity contribution is -0.146. The van der Waals surface area contributed by atoms with Gasteiger partial charge in [-0.15, -0.1) is 0 Å². The molecule has 0 N–H and O–H groups in total. The molecular formula is C15H30O4. The standard InChI is InChI=1S/C15H30O4/c1-5-15(19-13(3)16)11-9-7-8-10-12-18-14(4)17-6-2/h14-15H,5-12H2,1-4H3/t14?,15-/m1/s1. The Morgan fingerprint density at radius 1 is 1.05 bits per heavy atom. The molecule has 2 atom stereocenters. The molecule has 0 aliphatic carbocycles. The monoisotopic (exact) mass is 274 g/mol. The second kappa shape index (κ2) is 12.4. The molecule has 114 valence electrons. The van der Waals surface area contributed by atoms with Crippen LogP contribution in [0, 0.1) is 0 Å². The van der Waals surface area contributed by atoms with E-state index in [0.29, 0.717) is 6.61 Å². The summed E-state index contributed by atoms with van der Waals surface area (Å²) >= 11 is 0. The third-order valence-electron chi connectivity index (χ3n) is 2.96. The SMILES string of the molecule is CCOC(C)OCCCCCC[C@@H](CC)OC(C)=O. The fourth-order valence-electron chi connectivity index (χ4n) is 1.94. The van der Waals surface area contributed by atoms with Gasteiger partial charge in [-0.3, -0.25) is 4.79 Å². The minimum absolute atomic E-state index is 0.0896. The molecule has 0 bridgehead atoms. The van der Waals surface area contributed by atoms with Crippen LogP contribution >= 0.6 is 0 Å². The van der Waals surface area contributed by atoms with Gasteiger partial charge < -0.3 is 14.2 Å². The van der Waals surface area contributed by atoms with Crippen LogP contribution in [0.2, 0.25) is 0 Å². The maximum atomic E-state index is 10.9. The van der Waals surface area contributed by atoms with Gasteiger partial charge in [0.2, 0.25) is 0 Å². The summed E-state index contributed by atoms with van der Waals surface area (Å²) in [4.78, 5) is 10.9. The van der Waals surface area contributed by atoms with E-state index in [9.17, 15) is 4.79 Å². The second-order valence-electron chi connectivity index (χ2n) is 4.74. The van der Waals surface area contributed by atoms with Crippen molar-refractivity contribution in [3.63, 3.8) is 0 Å². The number of hydrogen-bond acceptors (Lipinski definition) is 4. The van der Waals surface area contributed by atoms with Crippen molar-refractivity contribution in [3.05, 3.63) is 0 Å². The van der Waals surface area contributed by atoms with E-state index in [2.05, 4.69) is 6.92 Å². The van der Waals surface area contributed by atoms with Crippen LogP contribution in [-0.4, -0.2) is 31.6 Å². The zero-order valence-electron chi connectivity index (χ0n) is 12.9. The summed E-state index contributed by atoms with van der Waals surface area (Å²) in [5.41, 5.74) is 0. The minimum Gasteiger partial charge on any atom is -0.463 e. The number of esters is 1. The van der Waals surface area contributed by atoms with Crippen LogP contribution in [0.1, 0.15) is 66.2 Å². The fraction of sp³-hybridized carbons (Fsp3) is 0.933. The molecule has 0 aromatic heterocycles. The molecule has 0 saturated carbocycles. The van der Waals surface area contributed by atoms with Crippen molar-refractivity contribution >= 4 is 5.97 Å². The molecule has 0 radical (unpaired) electrons. The maximum absolute atomic E-state index is 10.9.